The van der Waals surface area contributed by atoms with Crippen LogP contribution in [0.4, 0.5) is 13.2 Å². The number of rotatable bonds is 2. The molecule has 1 aliphatic rings. The van der Waals surface area contributed by atoms with Crippen LogP contribution in [0.2, 0.25) is 0 Å². The summed E-state index contributed by atoms with van der Waals surface area (Å²) in [6.45, 7) is 0.882. The van der Waals surface area contributed by atoms with E-state index >= 15 is 0 Å². The minimum Gasteiger partial charge on any atom is -0.379 e. The highest BCUT2D eigenvalue weighted by Crippen LogP contribution is 2.28. The lowest BCUT2D eigenvalue weighted by molar-refractivity contribution is -0.127. The quantitative estimate of drug-likeness (QED) is 0.871. The number of ether oxygens (including phenoxy) is 1. The highest BCUT2D eigenvalue weighted by atomic mass is 32.1. The fraction of sp³-hybridized carbons (Fsp3) is 0.667. The number of aromatic nitrogens is 1. The zero-order chi connectivity index (χ0) is 11.8. The van der Waals surface area contributed by atoms with Gasteiger partial charge in [0.25, 0.3) is 0 Å². The zero-order valence-corrected chi connectivity index (χ0v) is 9.14. The second-order valence-electron chi connectivity index (χ2n) is 3.77. The minimum atomic E-state index is -4.20. The average Bonchev–Trinajstić information content (AvgIpc) is 2.71. The van der Waals surface area contributed by atoms with E-state index in [9.17, 15) is 13.2 Å². The van der Waals surface area contributed by atoms with Crippen molar-refractivity contribution in [3.63, 3.8) is 0 Å². The molecule has 1 aliphatic heterocycles. The zero-order valence-electron chi connectivity index (χ0n) is 8.33. The van der Waals surface area contributed by atoms with Crippen LogP contribution in [-0.4, -0.2) is 30.4 Å². The Morgan fingerprint density at radius 2 is 2.25 bits per heavy atom. The van der Waals surface area contributed by atoms with Gasteiger partial charge < -0.3 is 10.5 Å². The van der Waals surface area contributed by atoms with Crippen LogP contribution in [0, 0.1) is 0 Å². The van der Waals surface area contributed by atoms with E-state index in [2.05, 4.69) is 4.98 Å². The third-order valence-corrected chi connectivity index (χ3v) is 3.29. The monoisotopic (exact) mass is 252 g/mol. The van der Waals surface area contributed by atoms with E-state index in [-0.39, 0.29) is 17.0 Å². The van der Waals surface area contributed by atoms with Crippen LogP contribution in [0.5, 0.6) is 0 Å². The van der Waals surface area contributed by atoms with Gasteiger partial charge in [0.15, 0.2) is 0 Å². The lowest BCUT2D eigenvalue weighted by atomic mass is 10.0. The Morgan fingerprint density at radius 1 is 1.50 bits per heavy atom. The summed E-state index contributed by atoms with van der Waals surface area (Å²) < 4.78 is 41.5. The molecule has 2 rings (SSSR count). The minimum absolute atomic E-state index is 0.0711. The van der Waals surface area contributed by atoms with E-state index in [1.807, 2.05) is 0 Å². The Bertz CT molecular complexity index is 366. The number of alkyl halides is 3. The Labute approximate surface area is 94.4 Å². The average molecular weight is 252 g/mol. The van der Waals surface area contributed by atoms with Crippen molar-refractivity contribution in [2.24, 2.45) is 5.73 Å². The Balaban J connectivity index is 2.07. The van der Waals surface area contributed by atoms with Crippen molar-refractivity contribution in [3.8, 4) is 0 Å². The SMILES string of the molecule is NC1COCC1c1csc(CC(F)(F)F)n1. The van der Waals surface area contributed by atoms with Crippen LogP contribution in [0.1, 0.15) is 16.6 Å². The topological polar surface area (TPSA) is 48.1 Å². The first-order valence-corrected chi connectivity index (χ1v) is 5.68. The van der Waals surface area contributed by atoms with E-state index in [0.29, 0.717) is 18.9 Å². The van der Waals surface area contributed by atoms with Gasteiger partial charge in [-0.3, -0.25) is 0 Å². The van der Waals surface area contributed by atoms with Crippen molar-refractivity contribution >= 4 is 11.3 Å². The summed E-state index contributed by atoms with van der Waals surface area (Å²) in [7, 11) is 0. The van der Waals surface area contributed by atoms with E-state index in [4.69, 9.17) is 10.5 Å². The fourth-order valence-corrected chi connectivity index (χ4v) is 2.51. The summed E-state index contributed by atoms with van der Waals surface area (Å²) in [6, 6.07) is -0.166. The normalized spacial score (nSPS) is 26.2. The van der Waals surface area contributed by atoms with Gasteiger partial charge in [0.2, 0.25) is 0 Å². The Kier molecular flexibility index (Phi) is 3.18. The molecule has 2 unspecified atom stereocenters. The first-order chi connectivity index (χ1) is 7.46. The maximum Gasteiger partial charge on any atom is 0.395 e. The molecule has 2 N–H and O–H groups in total. The summed E-state index contributed by atoms with van der Waals surface area (Å²) in [5.41, 5.74) is 6.38. The van der Waals surface area contributed by atoms with Crippen molar-refractivity contribution in [3.05, 3.63) is 16.1 Å². The molecule has 90 valence electrons. The van der Waals surface area contributed by atoms with Crippen LogP contribution in [0.25, 0.3) is 0 Å². The van der Waals surface area contributed by atoms with Crippen LogP contribution < -0.4 is 5.73 Å². The van der Waals surface area contributed by atoms with Crippen LogP contribution in [0.3, 0.4) is 0 Å². The number of thiazole rings is 1. The predicted octanol–water partition coefficient (Wildman–Crippen LogP) is 1.69. The van der Waals surface area contributed by atoms with Gasteiger partial charge >= 0.3 is 6.18 Å². The van der Waals surface area contributed by atoms with Gasteiger partial charge in [0.1, 0.15) is 5.01 Å². The molecule has 0 saturated carbocycles. The predicted molar refractivity (Wildman–Crippen MR) is 53.4 cm³/mol. The summed E-state index contributed by atoms with van der Waals surface area (Å²) in [6.07, 6.45) is -5.18. The standard InChI is InChI=1S/C9H11F3N2OS/c10-9(11,12)1-8-14-7(4-16-8)5-2-15-3-6(5)13/h4-6H,1-3,13H2. The largest absolute Gasteiger partial charge is 0.395 e. The summed E-state index contributed by atoms with van der Waals surface area (Å²) in [4.78, 5) is 3.97. The molecule has 0 aromatic carbocycles. The molecule has 2 atom stereocenters. The van der Waals surface area contributed by atoms with E-state index in [1.54, 1.807) is 5.38 Å². The molecule has 3 nitrogen and oxygen atoms in total. The van der Waals surface area contributed by atoms with E-state index in [0.717, 1.165) is 11.3 Å². The summed E-state index contributed by atoms with van der Waals surface area (Å²) >= 11 is 1.02. The molecule has 7 heteroatoms. The molecule has 0 bridgehead atoms. The van der Waals surface area contributed by atoms with Crippen molar-refractivity contribution in [2.45, 2.75) is 24.6 Å². The summed E-state index contributed by atoms with van der Waals surface area (Å²) in [5.74, 6) is -0.0711. The van der Waals surface area contributed by atoms with Crippen LogP contribution in [-0.2, 0) is 11.2 Å². The first-order valence-electron chi connectivity index (χ1n) is 4.80. The second kappa shape index (κ2) is 4.31. The summed E-state index contributed by atoms with van der Waals surface area (Å²) in [5, 5.41) is 1.72. The lowest BCUT2D eigenvalue weighted by Gasteiger charge is -2.09. The molecule has 2 heterocycles. The molecule has 0 aliphatic carbocycles. The molecular weight excluding hydrogens is 241 g/mol. The molecule has 1 aromatic heterocycles. The number of halogens is 3. The maximum atomic E-state index is 12.1. The van der Waals surface area contributed by atoms with Gasteiger partial charge in [-0.2, -0.15) is 13.2 Å². The fourth-order valence-electron chi connectivity index (χ4n) is 1.62. The molecule has 1 fully saturated rings. The molecule has 0 spiro atoms. The molecule has 1 saturated heterocycles. The van der Waals surface area contributed by atoms with Gasteiger partial charge in [-0.05, 0) is 0 Å². The van der Waals surface area contributed by atoms with Crippen LogP contribution >= 0.6 is 11.3 Å². The molecular formula is C9H11F3N2OS. The van der Waals surface area contributed by atoms with Crippen molar-refractivity contribution in [1.29, 1.82) is 0 Å². The number of hydrogen-bond acceptors (Lipinski definition) is 4. The maximum absolute atomic E-state index is 12.1. The first kappa shape index (κ1) is 11.8. The van der Waals surface area contributed by atoms with Gasteiger partial charge in [-0.1, -0.05) is 0 Å². The second-order valence-corrected chi connectivity index (χ2v) is 4.71. The molecule has 16 heavy (non-hydrogen) atoms. The third kappa shape index (κ3) is 2.72. The third-order valence-electron chi connectivity index (χ3n) is 2.43. The smallest absolute Gasteiger partial charge is 0.379 e. The van der Waals surface area contributed by atoms with Crippen molar-refractivity contribution in [2.75, 3.05) is 13.2 Å². The van der Waals surface area contributed by atoms with Crippen molar-refractivity contribution in [1.82, 2.24) is 4.98 Å². The van der Waals surface area contributed by atoms with E-state index < -0.39 is 12.6 Å². The molecule has 1 aromatic rings. The number of nitrogens with zero attached hydrogens (tertiary/aromatic N) is 1. The van der Waals surface area contributed by atoms with Gasteiger partial charge in [0.05, 0.1) is 25.3 Å². The highest BCUT2D eigenvalue weighted by Gasteiger charge is 2.32. The van der Waals surface area contributed by atoms with Gasteiger partial charge in [-0.25, -0.2) is 4.98 Å². The van der Waals surface area contributed by atoms with Crippen LogP contribution in [0.15, 0.2) is 5.38 Å². The molecule has 0 amide bonds. The Hall–Kier alpha value is -0.660. The highest BCUT2D eigenvalue weighted by molar-refractivity contribution is 7.09. The van der Waals surface area contributed by atoms with Gasteiger partial charge in [0, 0.05) is 17.3 Å². The Morgan fingerprint density at radius 3 is 2.81 bits per heavy atom. The van der Waals surface area contributed by atoms with E-state index in [1.165, 1.54) is 0 Å². The van der Waals surface area contributed by atoms with Gasteiger partial charge in [-0.15, -0.1) is 11.3 Å². The lowest BCUT2D eigenvalue weighted by Crippen LogP contribution is -2.27. The molecule has 0 radical (unpaired) electrons. The number of nitrogens with two attached hydrogens (primary N) is 1. The number of hydrogen-bond donors (Lipinski definition) is 1. The van der Waals surface area contributed by atoms with Crippen molar-refractivity contribution < 1.29 is 17.9 Å².